The smallest absolute Gasteiger partial charge is 0.280 e. The molecule has 176 valence electrons. The first-order chi connectivity index (χ1) is 16.8. The first kappa shape index (κ1) is 23.0. The van der Waals surface area contributed by atoms with Gasteiger partial charge in [0.1, 0.15) is 11.6 Å². The maximum atomic E-state index is 13.8. The molecule has 3 aromatic carbocycles. The van der Waals surface area contributed by atoms with E-state index in [-0.39, 0.29) is 11.3 Å². The van der Waals surface area contributed by atoms with Crippen LogP contribution in [0.3, 0.4) is 0 Å². The van der Waals surface area contributed by atoms with Crippen molar-refractivity contribution < 1.29 is 13.2 Å². The summed E-state index contributed by atoms with van der Waals surface area (Å²) in [5.74, 6) is 0.876. The Hall–Kier alpha value is -3.72. The van der Waals surface area contributed by atoms with Crippen molar-refractivity contribution in [3.05, 3.63) is 105 Å². The molecule has 0 N–H and O–H groups in total. The van der Waals surface area contributed by atoms with Crippen molar-refractivity contribution in [1.82, 2.24) is 19.1 Å². The van der Waals surface area contributed by atoms with E-state index in [1.807, 2.05) is 41.8 Å². The Balaban J connectivity index is 1.85. The number of hydrogen-bond acceptors (Lipinski definition) is 3. The third-order valence-corrected chi connectivity index (χ3v) is 6.17. The van der Waals surface area contributed by atoms with Gasteiger partial charge in [0.05, 0.1) is 11.3 Å². The molecule has 5 aromatic rings. The van der Waals surface area contributed by atoms with Crippen molar-refractivity contribution in [2.45, 2.75) is 19.5 Å². The van der Waals surface area contributed by atoms with Crippen LogP contribution in [0, 0.1) is 0 Å². The Morgan fingerprint density at radius 1 is 0.829 bits per heavy atom. The molecular weight excluding hydrogens is 521 g/mol. The summed E-state index contributed by atoms with van der Waals surface area (Å²) in [6.07, 6.45) is -3.91. The van der Waals surface area contributed by atoms with Crippen LogP contribution in [0.5, 0.6) is 0 Å². The quantitative estimate of drug-likeness (QED) is 0.259. The van der Waals surface area contributed by atoms with E-state index in [1.54, 1.807) is 24.3 Å². The van der Waals surface area contributed by atoms with Gasteiger partial charge in [0, 0.05) is 22.1 Å². The molecule has 9 heteroatoms. The molecule has 0 atom stereocenters. The number of aromatic nitrogens is 4. The lowest BCUT2D eigenvalue weighted by Crippen LogP contribution is -2.22. The topological polar surface area (TPSA) is 52.7 Å². The Kier molecular flexibility index (Phi) is 5.80. The molecule has 0 aliphatic heterocycles. The average molecular weight is 539 g/mol. The number of rotatable bonds is 4. The summed E-state index contributed by atoms with van der Waals surface area (Å²) in [7, 11) is 0. The highest BCUT2D eigenvalue weighted by Crippen LogP contribution is 2.31. The van der Waals surface area contributed by atoms with Crippen LogP contribution in [-0.4, -0.2) is 19.1 Å². The molecule has 2 aromatic heterocycles. The van der Waals surface area contributed by atoms with E-state index in [4.69, 9.17) is 4.98 Å². The molecule has 0 amide bonds. The van der Waals surface area contributed by atoms with Gasteiger partial charge in [0.25, 0.3) is 5.56 Å². The van der Waals surface area contributed by atoms with E-state index in [2.05, 4.69) is 20.9 Å². The summed E-state index contributed by atoms with van der Waals surface area (Å²) in [6.45, 7) is 1.94. The van der Waals surface area contributed by atoms with Crippen molar-refractivity contribution in [3.63, 3.8) is 0 Å². The summed E-state index contributed by atoms with van der Waals surface area (Å²) in [6, 6.07) is 21.1. The second-order valence-electron chi connectivity index (χ2n) is 7.85. The minimum Gasteiger partial charge on any atom is -0.280 e. The van der Waals surface area contributed by atoms with Gasteiger partial charge < -0.3 is 0 Å². The number of hydrogen-bond donors (Lipinski definition) is 0. The van der Waals surface area contributed by atoms with E-state index < -0.39 is 17.3 Å². The lowest BCUT2D eigenvalue weighted by molar-refractivity contribution is -0.137. The number of aryl methyl sites for hydroxylation is 1. The molecule has 0 saturated carbocycles. The van der Waals surface area contributed by atoms with Gasteiger partial charge in [-0.15, -0.1) is 0 Å². The molecule has 35 heavy (non-hydrogen) atoms. The average Bonchev–Trinajstić information content (AvgIpc) is 3.24. The Morgan fingerprint density at radius 3 is 2.06 bits per heavy atom. The van der Waals surface area contributed by atoms with Gasteiger partial charge in [-0.1, -0.05) is 53.2 Å². The summed E-state index contributed by atoms with van der Waals surface area (Å²) >= 11 is 3.39. The van der Waals surface area contributed by atoms with Crippen molar-refractivity contribution in [2.75, 3.05) is 0 Å². The van der Waals surface area contributed by atoms with Crippen molar-refractivity contribution in [2.24, 2.45) is 0 Å². The molecule has 0 unspecified atom stereocenters. The van der Waals surface area contributed by atoms with E-state index >= 15 is 0 Å². The highest BCUT2D eigenvalue weighted by molar-refractivity contribution is 9.10. The van der Waals surface area contributed by atoms with Crippen LogP contribution in [0.2, 0.25) is 0 Å². The van der Waals surface area contributed by atoms with Crippen molar-refractivity contribution in [3.8, 4) is 22.8 Å². The van der Waals surface area contributed by atoms with Crippen LogP contribution in [0.1, 0.15) is 18.3 Å². The molecule has 2 heterocycles. The molecule has 0 aliphatic rings. The third kappa shape index (κ3) is 4.16. The summed E-state index contributed by atoms with van der Waals surface area (Å²) in [4.78, 5) is 23.2. The highest BCUT2D eigenvalue weighted by atomic mass is 79.9. The van der Waals surface area contributed by atoms with Crippen LogP contribution in [0.15, 0.2) is 88.1 Å². The number of fused-ring (bicyclic) bond motifs is 1. The molecule has 5 rings (SSSR count). The number of benzene rings is 3. The SMILES string of the molecule is CCc1nc2c(=O)n(-c3ccc(Br)cc3)c(-c3ccc(C(F)(F)F)cc3)nc2n1-c1ccccc1. The van der Waals surface area contributed by atoms with Gasteiger partial charge in [-0.25, -0.2) is 9.97 Å². The number of imidazole rings is 1. The zero-order valence-corrected chi connectivity index (χ0v) is 20.0. The standard InChI is InChI=1S/C26H18BrF3N4O/c1-2-21-31-22-24(33(21)19-6-4-3-5-7-19)32-23(16-8-10-17(11-9-16)26(28,29)30)34(25(22)35)20-14-12-18(27)13-15-20/h3-15H,2H2,1H3. The molecule has 0 bridgehead atoms. The van der Waals surface area contributed by atoms with Gasteiger partial charge in [-0.3, -0.25) is 13.9 Å². The van der Waals surface area contributed by atoms with E-state index in [9.17, 15) is 18.0 Å². The highest BCUT2D eigenvalue weighted by Gasteiger charge is 2.30. The summed E-state index contributed by atoms with van der Waals surface area (Å²) < 4.78 is 43.5. The minimum atomic E-state index is -4.47. The van der Waals surface area contributed by atoms with Gasteiger partial charge >= 0.3 is 6.18 Å². The minimum absolute atomic E-state index is 0.185. The van der Waals surface area contributed by atoms with Crippen LogP contribution in [0.25, 0.3) is 33.9 Å². The Labute approximate surface area is 206 Å². The van der Waals surface area contributed by atoms with Crippen LogP contribution in [0.4, 0.5) is 13.2 Å². The zero-order valence-electron chi connectivity index (χ0n) is 18.4. The molecule has 0 saturated heterocycles. The van der Waals surface area contributed by atoms with Crippen molar-refractivity contribution in [1.29, 1.82) is 0 Å². The number of nitrogens with zero attached hydrogens (tertiary/aromatic N) is 4. The fourth-order valence-corrected chi connectivity index (χ4v) is 4.24. The van der Waals surface area contributed by atoms with Crippen LogP contribution >= 0.6 is 15.9 Å². The first-order valence-corrected chi connectivity index (χ1v) is 11.6. The van der Waals surface area contributed by atoms with Gasteiger partial charge in [-0.2, -0.15) is 13.2 Å². The molecule has 0 spiro atoms. The second-order valence-corrected chi connectivity index (χ2v) is 8.77. The molecule has 5 nitrogen and oxygen atoms in total. The molecule has 0 radical (unpaired) electrons. The normalized spacial score (nSPS) is 11.8. The summed E-state index contributed by atoms with van der Waals surface area (Å²) in [5.41, 5.74) is 1.04. The first-order valence-electron chi connectivity index (χ1n) is 10.8. The predicted molar refractivity (Wildman–Crippen MR) is 132 cm³/mol. The monoisotopic (exact) mass is 538 g/mol. The second kappa shape index (κ2) is 8.81. The molecule has 0 fully saturated rings. The maximum Gasteiger partial charge on any atom is 0.416 e. The summed E-state index contributed by atoms with van der Waals surface area (Å²) in [5, 5.41) is 0. The van der Waals surface area contributed by atoms with E-state index in [0.29, 0.717) is 29.1 Å². The van der Waals surface area contributed by atoms with E-state index in [1.165, 1.54) is 16.7 Å². The largest absolute Gasteiger partial charge is 0.416 e. The fourth-order valence-electron chi connectivity index (χ4n) is 3.97. The Bertz CT molecular complexity index is 1570. The van der Waals surface area contributed by atoms with Crippen molar-refractivity contribution >= 4 is 27.1 Å². The van der Waals surface area contributed by atoms with Gasteiger partial charge in [0.15, 0.2) is 11.2 Å². The number of alkyl halides is 3. The molecular formula is C26H18BrF3N4O. The van der Waals surface area contributed by atoms with E-state index in [0.717, 1.165) is 22.3 Å². The van der Waals surface area contributed by atoms with Crippen LogP contribution in [-0.2, 0) is 12.6 Å². The predicted octanol–water partition coefficient (Wildman–Crippen LogP) is 6.58. The van der Waals surface area contributed by atoms with Gasteiger partial charge in [0.2, 0.25) is 0 Å². The lowest BCUT2D eigenvalue weighted by atomic mass is 10.1. The third-order valence-electron chi connectivity index (χ3n) is 5.64. The number of para-hydroxylation sites is 1. The Morgan fingerprint density at radius 2 is 1.46 bits per heavy atom. The fraction of sp³-hybridized carbons (Fsp3) is 0.115. The van der Waals surface area contributed by atoms with Crippen LogP contribution < -0.4 is 5.56 Å². The maximum absolute atomic E-state index is 13.8. The molecule has 0 aliphatic carbocycles. The van der Waals surface area contributed by atoms with Gasteiger partial charge in [-0.05, 0) is 48.5 Å². The number of halogens is 4. The zero-order chi connectivity index (χ0) is 24.7. The lowest BCUT2D eigenvalue weighted by Gasteiger charge is -2.14.